The molecule has 3 N–H and O–H groups in total. The first-order chi connectivity index (χ1) is 14.9. The topological polar surface area (TPSA) is 104 Å². The second-order valence-electron chi connectivity index (χ2n) is 8.67. The van der Waals surface area contributed by atoms with E-state index in [9.17, 15) is 19.8 Å². The predicted molar refractivity (Wildman–Crippen MR) is 115 cm³/mol. The summed E-state index contributed by atoms with van der Waals surface area (Å²) < 4.78 is 22.9. The molecule has 1 unspecified atom stereocenters. The molecule has 4 rings (SSSR count). The van der Waals surface area contributed by atoms with Crippen molar-refractivity contribution in [1.82, 2.24) is 9.88 Å². The van der Waals surface area contributed by atoms with Crippen LogP contribution in [0.5, 0.6) is 5.75 Å². The number of hydrogen-bond donors (Lipinski definition) is 3. The minimum Gasteiger partial charge on any atom is -0.492 e. The monoisotopic (exact) mass is 433 g/mol. The number of aromatic carboxylic acids is 1. The third-order valence-electron chi connectivity index (χ3n) is 6.44. The van der Waals surface area contributed by atoms with E-state index >= 15 is 4.39 Å². The number of anilines is 1. The van der Waals surface area contributed by atoms with Gasteiger partial charge < -0.3 is 29.7 Å². The fraction of sp³-hybridized carbons (Fsp3) is 0.545. The van der Waals surface area contributed by atoms with E-state index < -0.39 is 22.6 Å². The molecule has 2 aliphatic rings. The van der Waals surface area contributed by atoms with Gasteiger partial charge in [0.15, 0.2) is 11.6 Å². The number of rotatable bonds is 7. The average Bonchev–Trinajstić information content (AvgIpc) is 3.59. The fourth-order valence-corrected chi connectivity index (χ4v) is 4.83. The van der Waals surface area contributed by atoms with Crippen LogP contribution < -0.4 is 20.4 Å². The number of ether oxygens (including phenoxy) is 1. The highest BCUT2D eigenvalue weighted by Gasteiger charge is 2.38. The molecule has 0 amide bonds. The van der Waals surface area contributed by atoms with Gasteiger partial charge in [0.05, 0.1) is 24.6 Å². The molecule has 0 radical (unpaired) electrons. The Labute approximate surface area is 179 Å². The first-order valence-corrected chi connectivity index (χ1v) is 10.5. The van der Waals surface area contributed by atoms with Gasteiger partial charge in [-0.05, 0) is 38.8 Å². The summed E-state index contributed by atoms with van der Waals surface area (Å²) in [5.74, 6) is -1.74. The molecule has 0 bridgehead atoms. The molecule has 0 spiro atoms. The number of halogens is 1. The fourth-order valence-electron chi connectivity index (χ4n) is 4.83. The van der Waals surface area contributed by atoms with E-state index in [-0.39, 0.29) is 35.0 Å². The van der Waals surface area contributed by atoms with Gasteiger partial charge in [0.25, 0.3) is 0 Å². The number of carboxylic acids is 1. The third-order valence-corrected chi connectivity index (χ3v) is 6.44. The zero-order chi connectivity index (χ0) is 22.3. The molecular weight excluding hydrogens is 405 g/mol. The molecule has 1 aliphatic carbocycles. The van der Waals surface area contributed by atoms with Gasteiger partial charge in [-0.15, -0.1) is 0 Å². The Morgan fingerprint density at radius 1 is 1.42 bits per heavy atom. The SMILES string of the molecule is CNCC1(CO)CCCN(c2c(F)cc3c(=O)c(C(=O)O)cn(C4CC4)c3c2OC)C1. The summed E-state index contributed by atoms with van der Waals surface area (Å²) in [6.07, 6.45) is 4.65. The number of benzene rings is 1. The summed E-state index contributed by atoms with van der Waals surface area (Å²) in [6.45, 7) is 1.58. The highest BCUT2D eigenvalue weighted by Crippen LogP contribution is 2.45. The van der Waals surface area contributed by atoms with E-state index in [0.717, 1.165) is 31.7 Å². The van der Waals surface area contributed by atoms with E-state index in [2.05, 4.69) is 5.32 Å². The van der Waals surface area contributed by atoms with Gasteiger partial charge in [0, 0.05) is 37.3 Å². The lowest BCUT2D eigenvalue weighted by molar-refractivity contribution is 0.0694. The molecule has 1 saturated heterocycles. The van der Waals surface area contributed by atoms with Crippen LogP contribution in [-0.4, -0.2) is 61.1 Å². The number of fused-ring (bicyclic) bond motifs is 1. The molecule has 8 nitrogen and oxygen atoms in total. The van der Waals surface area contributed by atoms with Gasteiger partial charge >= 0.3 is 5.97 Å². The molecular formula is C22H28FN3O5. The average molecular weight is 433 g/mol. The van der Waals surface area contributed by atoms with Crippen molar-refractivity contribution in [1.29, 1.82) is 0 Å². The highest BCUT2D eigenvalue weighted by molar-refractivity contribution is 5.97. The number of aliphatic hydroxyl groups is 1. The molecule has 1 aliphatic heterocycles. The quantitative estimate of drug-likeness (QED) is 0.613. The number of carboxylic acid groups (broad SMARTS) is 1. The maximum absolute atomic E-state index is 15.5. The van der Waals surface area contributed by atoms with Gasteiger partial charge in [0.2, 0.25) is 5.43 Å². The van der Waals surface area contributed by atoms with Crippen molar-refractivity contribution < 1.29 is 24.1 Å². The minimum absolute atomic E-state index is 0.00514. The maximum Gasteiger partial charge on any atom is 0.341 e. The zero-order valence-corrected chi connectivity index (χ0v) is 17.8. The minimum atomic E-state index is -1.33. The lowest BCUT2D eigenvalue weighted by atomic mass is 9.80. The Balaban J connectivity index is 1.94. The van der Waals surface area contributed by atoms with Crippen LogP contribution in [0.25, 0.3) is 10.9 Å². The number of nitrogens with zero attached hydrogens (tertiary/aromatic N) is 2. The summed E-state index contributed by atoms with van der Waals surface area (Å²) in [5, 5.41) is 22.6. The molecule has 2 fully saturated rings. The largest absolute Gasteiger partial charge is 0.492 e. The lowest BCUT2D eigenvalue weighted by Crippen LogP contribution is -2.50. The highest BCUT2D eigenvalue weighted by atomic mass is 19.1. The molecule has 1 saturated carbocycles. The van der Waals surface area contributed by atoms with Crippen molar-refractivity contribution in [2.45, 2.75) is 31.7 Å². The van der Waals surface area contributed by atoms with E-state index in [0.29, 0.717) is 25.2 Å². The second kappa shape index (κ2) is 8.12. The van der Waals surface area contributed by atoms with E-state index in [1.165, 1.54) is 13.3 Å². The number of hydrogen-bond acceptors (Lipinski definition) is 6. The Kier molecular flexibility index (Phi) is 5.65. The number of methoxy groups -OCH3 is 1. The summed E-state index contributed by atoms with van der Waals surface area (Å²) in [4.78, 5) is 26.3. The standard InChI is InChI=1S/C22H28FN3O5/c1-24-10-22(12-27)6-3-7-25(11-22)18-16(23)8-14-17(20(18)31-2)26(13-4-5-13)9-15(19(14)28)21(29)30/h8-9,13,24,27H,3-7,10-12H2,1-2H3,(H,29,30). The predicted octanol–water partition coefficient (Wildman–Crippen LogP) is 1.98. The van der Waals surface area contributed by atoms with Crippen molar-refractivity contribution in [3.8, 4) is 5.75 Å². The number of aliphatic hydroxyl groups excluding tert-OH is 1. The lowest BCUT2D eigenvalue weighted by Gasteiger charge is -2.43. The molecule has 2 aromatic rings. The van der Waals surface area contributed by atoms with E-state index in [4.69, 9.17) is 4.74 Å². The van der Waals surface area contributed by atoms with Gasteiger partial charge in [-0.3, -0.25) is 4.79 Å². The van der Waals surface area contributed by atoms with Gasteiger partial charge in [0.1, 0.15) is 11.3 Å². The second-order valence-corrected chi connectivity index (χ2v) is 8.67. The summed E-state index contributed by atoms with van der Waals surface area (Å²) in [6, 6.07) is 1.18. The van der Waals surface area contributed by atoms with Crippen LogP contribution in [0.3, 0.4) is 0 Å². The Bertz CT molecular complexity index is 1080. The first-order valence-electron chi connectivity index (χ1n) is 10.5. The van der Waals surface area contributed by atoms with Gasteiger partial charge in [-0.25, -0.2) is 9.18 Å². The number of piperidine rings is 1. The van der Waals surface area contributed by atoms with E-state index in [1.807, 2.05) is 11.9 Å². The van der Waals surface area contributed by atoms with Crippen LogP contribution in [0, 0.1) is 11.2 Å². The van der Waals surface area contributed by atoms with Crippen LogP contribution in [0.2, 0.25) is 0 Å². The Hall–Kier alpha value is -2.65. The summed E-state index contributed by atoms with van der Waals surface area (Å²) in [5.41, 5.74) is -0.838. The van der Waals surface area contributed by atoms with Gasteiger partial charge in [-0.1, -0.05) is 0 Å². The van der Waals surface area contributed by atoms with Crippen molar-refractivity contribution in [3.63, 3.8) is 0 Å². The van der Waals surface area contributed by atoms with Crippen LogP contribution in [0.1, 0.15) is 42.1 Å². The molecule has 9 heteroatoms. The molecule has 31 heavy (non-hydrogen) atoms. The van der Waals surface area contributed by atoms with Crippen LogP contribution >= 0.6 is 0 Å². The summed E-state index contributed by atoms with van der Waals surface area (Å²) >= 11 is 0. The smallest absolute Gasteiger partial charge is 0.341 e. The molecule has 1 atom stereocenters. The zero-order valence-electron chi connectivity index (χ0n) is 17.8. The van der Waals surface area contributed by atoms with Crippen LogP contribution in [-0.2, 0) is 0 Å². The van der Waals surface area contributed by atoms with Crippen LogP contribution in [0.4, 0.5) is 10.1 Å². The Morgan fingerprint density at radius 2 is 2.16 bits per heavy atom. The number of nitrogens with one attached hydrogen (secondary N) is 1. The van der Waals surface area contributed by atoms with Crippen molar-refractivity contribution in [2.75, 3.05) is 45.3 Å². The maximum atomic E-state index is 15.5. The third kappa shape index (κ3) is 3.65. The molecule has 1 aromatic heterocycles. The number of aromatic nitrogens is 1. The summed E-state index contributed by atoms with van der Waals surface area (Å²) in [7, 11) is 3.25. The van der Waals surface area contributed by atoms with Gasteiger partial charge in [-0.2, -0.15) is 0 Å². The first kappa shape index (κ1) is 21.6. The van der Waals surface area contributed by atoms with Crippen LogP contribution in [0.15, 0.2) is 17.1 Å². The molecule has 168 valence electrons. The van der Waals surface area contributed by atoms with Crippen molar-refractivity contribution in [3.05, 3.63) is 33.9 Å². The molecule has 1 aromatic carbocycles. The molecule has 2 heterocycles. The van der Waals surface area contributed by atoms with Crippen molar-refractivity contribution in [2.24, 2.45) is 5.41 Å². The number of pyridine rings is 1. The van der Waals surface area contributed by atoms with E-state index in [1.54, 1.807) is 4.57 Å². The normalized spacial score (nSPS) is 21.5. The number of carbonyl (C=O) groups is 1. The Morgan fingerprint density at radius 3 is 2.74 bits per heavy atom. The van der Waals surface area contributed by atoms with Crippen molar-refractivity contribution >= 4 is 22.6 Å².